The summed E-state index contributed by atoms with van der Waals surface area (Å²) in [7, 11) is 0. The van der Waals surface area contributed by atoms with Crippen molar-refractivity contribution in [3.63, 3.8) is 0 Å². The van der Waals surface area contributed by atoms with Crippen LogP contribution in [0.2, 0.25) is 0 Å². The average Bonchev–Trinajstić information content (AvgIpc) is 2.72. The quantitative estimate of drug-likeness (QED) is 0.117. The van der Waals surface area contributed by atoms with Crippen LogP contribution in [0.5, 0.6) is 0 Å². The third-order valence-electron chi connectivity index (χ3n) is 2.60. The molecule has 0 saturated heterocycles. The zero-order valence-corrected chi connectivity index (χ0v) is 24.3. The maximum Gasteiger partial charge on any atom is 0.00313 e. The molecule has 166 valence electrons. The highest BCUT2D eigenvalue weighted by atomic mass is 79.9. The number of hydrogen-bond donors (Lipinski definition) is 2. The van der Waals surface area contributed by atoms with E-state index >= 15 is 0 Å². The van der Waals surface area contributed by atoms with E-state index in [9.17, 15) is 0 Å². The number of thiol groups is 2. The molecule has 0 N–H and O–H groups in total. The minimum absolute atomic E-state index is 1.18. The molecule has 0 heterocycles. The molecule has 0 spiro atoms. The summed E-state index contributed by atoms with van der Waals surface area (Å²) in [6.07, 6.45) is 21.4. The van der Waals surface area contributed by atoms with Crippen LogP contribution in [0, 0.1) is 0 Å². The van der Waals surface area contributed by atoms with E-state index in [1.54, 1.807) is 12.5 Å². The summed E-state index contributed by atoms with van der Waals surface area (Å²) in [6.45, 7) is 12.2. The van der Waals surface area contributed by atoms with E-state index in [0.29, 0.717) is 0 Å². The lowest BCUT2D eigenvalue weighted by Gasteiger charge is -2.00. The van der Waals surface area contributed by atoms with Crippen LogP contribution in [0.3, 0.4) is 0 Å². The number of unbranched alkanes of at least 4 members (excludes halogenated alkanes) is 8. The fourth-order valence-electron chi connectivity index (χ4n) is 1.43. The Hall–Kier alpha value is 1.40. The molecular formula is C22H52Br2S2. The smallest absolute Gasteiger partial charge is 0.00313 e. The van der Waals surface area contributed by atoms with Crippen LogP contribution in [0.25, 0.3) is 0 Å². The lowest BCUT2D eigenvalue weighted by atomic mass is 10.1. The van der Waals surface area contributed by atoms with Gasteiger partial charge in [0.05, 0.1) is 0 Å². The highest BCUT2D eigenvalue weighted by molar-refractivity contribution is 9.09. The maximum absolute atomic E-state index is 3.53. The third-order valence-corrected chi connectivity index (χ3v) is 3.72. The first kappa shape index (κ1) is 41.7. The molecule has 0 unspecified atom stereocenters. The number of allylic oxidation sites excluding steroid dienone is 2. The molecule has 0 nitrogen and oxygen atoms in total. The number of hydrogen-bond acceptors (Lipinski definition) is 2. The van der Waals surface area contributed by atoms with Gasteiger partial charge in [-0.1, -0.05) is 123 Å². The van der Waals surface area contributed by atoms with Gasteiger partial charge in [-0.25, -0.2) is 0 Å². The Bertz CT molecular complexity index is 141. The van der Waals surface area contributed by atoms with Crippen LogP contribution in [-0.4, -0.2) is 23.2 Å². The van der Waals surface area contributed by atoms with Crippen LogP contribution < -0.4 is 0 Å². The standard InChI is InChI=1S/C11H22Br2.C4H8.C3H8.C2H6.2CH4S/c12-10-8-6-4-2-1-3-5-7-9-11-13;1-3-4-2;1-3-2;3*1-2/h1-11H2;3-4H,1-2H3;3H2,1-2H3;1-2H3;2*2H,1H3/b;4-3-;;;;. The Morgan fingerprint density at radius 2 is 0.692 bits per heavy atom. The van der Waals surface area contributed by atoms with E-state index < -0.39 is 0 Å². The molecule has 0 aromatic carbocycles. The second kappa shape index (κ2) is 71.8. The molecule has 4 heteroatoms. The topological polar surface area (TPSA) is 0 Å². The fraction of sp³-hybridized carbons (Fsp3) is 0.909. The van der Waals surface area contributed by atoms with E-state index in [1.807, 2.05) is 39.8 Å². The van der Waals surface area contributed by atoms with Gasteiger partial charge in [0.2, 0.25) is 0 Å². The molecule has 26 heavy (non-hydrogen) atoms. The maximum atomic E-state index is 3.53. The predicted molar refractivity (Wildman–Crippen MR) is 147 cm³/mol. The lowest BCUT2D eigenvalue weighted by molar-refractivity contribution is 0.575. The molecule has 0 amide bonds. The molecule has 0 rings (SSSR count). The van der Waals surface area contributed by atoms with Gasteiger partial charge in [0.15, 0.2) is 0 Å². The van der Waals surface area contributed by atoms with Crippen molar-refractivity contribution in [2.75, 3.05) is 23.2 Å². The van der Waals surface area contributed by atoms with E-state index in [-0.39, 0.29) is 0 Å². The SMILES string of the molecule is BrCCCCCCCCCCCBr.C/C=C\C.CC.CCC.CS.CS. The van der Waals surface area contributed by atoms with Gasteiger partial charge in [-0.05, 0) is 39.2 Å². The van der Waals surface area contributed by atoms with Gasteiger partial charge < -0.3 is 0 Å². The van der Waals surface area contributed by atoms with E-state index in [1.165, 1.54) is 74.9 Å². The molecule has 0 radical (unpaired) electrons. The normalized spacial score (nSPS) is 8.15. The molecule has 0 atom stereocenters. The molecule has 0 aromatic rings. The van der Waals surface area contributed by atoms with Crippen molar-refractivity contribution in [1.82, 2.24) is 0 Å². The summed E-state index contributed by atoms with van der Waals surface area (Å²) in [4.78, 5) is 0. The molecule has 0 fully saturated rings. The Kier molecular flexibility index (Phi) is 115. The first-order valence-corrected chi connectivity index (χ1v) is 14.4. The Morgan fingerprint density at radius 3 is 0.808 bits per heavy atom. The average molecular weight is 541 g/mol. The predicted octanol–water partition coefficient (Wildman–Crippen LogP) is 10.4. The largest absolute Gasteiger partial charge is 0.183 e. The van der Waals surface area contributed by atoms with Crippen molar-refractivity contribution >= 4 is 57.1 Å². The monoisotopic (exact) mass is 538 g/mol. The first-order chi connectivity index (χ1) is 12.7. The van der Waals surface area contributed by atoms with Crippen molar-refractivity contribution < 1.29 is 0 Å². The van der Waals surface area contributed by atoms with Gasteiger partial charge in [-0.3, -0.25) is 0 Å². The van der Waals surface area contributed by atoms with Crippen LogP contribution >= 0.6 is 57.1 Å². The van der Waals surface area contributed by atoms with Crippen molar-refractivity contribution in [3.8, 4) is 0 Å². The van der Waals surface area contributed by atoms with Crippen LogP contribution in [0.15, 0.2) is 12.2 Å². The van der Waals surface area contributed by atoms with E-state index in [2.05, 4.69) is 71.0 Å². The third kappa shape index (κ3) is 98.3. The fourth-order valence-corrected chi connectivity index (χ4v) is 2.22. The minimum atomic E-state index is 1.18. The first-order valence-electron chi connectivity index (χ1n) is 10.3. The van der Waals surface area contributed by atoms with Crippen molar-refractivity contribution in [2.45, 2.75) is 106 Å². The summed E-state index contributed by atoms with van der Waals surface area (Å²) < 4.78 is 0. The zero-order valence-electron chi connectivity index (χ0n) is 19.3. The van der Waals surface area contributed by atoms with Crippen LogP contribution in [-0.2, 0) is 0 Å². The Morgan fingerprint density at radius 1 is 0.538 bits per heavy atom. The molecule has 0 aliphatic rings. The summed E-state index contributed by atoms with van der Waals surface area (Å²) in [5.74, 6) is 0. The summed E-state index contributed by atoms with van der Waals surface area (Å²) in [6, 6.07) is 0. The van der Waals surface area contributed by atoms with E-state index in [4.69, 9.17) is 0 Å². The highest BCUT2D eigenvalue weighted by Crippen LogP contribution is 2.10. The number of rotatable bonds is 10. The van der Waals surface area contributed by atoms with Crippen molar-refractivity contribution in [3.05, 3.63) is 12.2 Å². The molecular weight excluding hydrogens is 488 g/mol. The molecule has 0 aromatic heterocycles. The molecule has 0 bridgehead atoms. The Labute approximate surface area is 197 Å². The minimum Gasteiger partial charge on any atom is -0.183 e. The number of alkyl halides is 2. The van der Waals surface area contributed by atoms with Gasteiger partial charge in [-0.15, -0.1) is 0 Å². The summed E-state index contributed by atoms with van der Waals surface area (Å²) in [5.41, 5.74) is 0. The summed E-state index contributed by atoms with van der Waals surface area (Å²) >= 11 is 14.0. The number of halogens is 2. The van der Waals surface area contributed by atoms with Gasteiger partial charge in [0.1, 0.15) is 0 Å². The lowest BCUT2D eigenvalue weighted by Crippen LogP contribution is -1.82. The van der Waals surface area contributed by atoms with Gasteiger partial charge in [-0.2, -0.15) is 25.3 Å². The second-order valence-corrected chi connectivity index (χ2v) is 6.52. The van der Waals surface area contributed by atoms with E-state index in [0.717, 1.165) is 0 Å². The molecule has 0 aliphatic carbocycles. The van der Waals surface area contributed by atoms with Gasteiger partial charge >= 0.3 is 0 Å². The van der Waals surface area contributed by atoms with Crippen molar-refractivity contribution in [2.24, 2.45) is 0 Å². The second-order valence-electron chi connectivity index (χ2n) is 4.93. The highest BCUT2D eigenvalue weighted by Gasteiger charge is 1.91. The molecule has 0 saturated carbocycles. The Balaban J connectivity index is -0.0000000636. The summed E-state index contributed by atoms with van der Waals surface area (Å²) in [5, 5.41) is 2.36. The van der Waals surface area contributed by atoms with Gasteiger partial charge in [0.25, 0.3) is 0 Å². The van der Waals surface area contributed by atoms with Crippen molar-refractivity contribution in [1.29, 1.82) is 0 Å². The van der Waals surface area contributed by atoms with Gasteiger partial charge in [0, 0.05) is 10.7 Å². The van der Waals surface area contributed by atoms with Crippen LogP contribution in [0.1, 0.15) is 106 Å². The zero-order chi connectivity index (χ0) is 21.9. The molecule has 0 aliphatic heterocycles. The van der Waals surface area contributed by atoms with Crippen LogP contribution in [0.4, 0.5) is 0 Å².